The highest BCUT2D eigenvalue weighted by molar-refractivity contribution is 7.83. The number of aryl methyl sites for hydroxylation is 3. The van der Waals surface area contributed by atoms with E-state index in [0.29, 0.717) is 11.1 Å². The van der Waals surface area contributed by atoms with E-state index in [0.717, 1.165) is 22.3 Å². The molecule has 0 aromatic heterocycles. The van der Waals surface area contributed by atoms with Crippen LogP contribution in [0, 0.1) is 20.8 Å². The summed E-state index contributed by atoms with van der Waals surface area (Å²) in [7, 11) is -4.27. The maximum absolute atomic E-state index is 13.3. The highest BCUT2D eigenvalue weighted by atomic mass is 31.2. The van der Waals surface area contributed by atoms with E-state index in [1.807, 2.05) is 49.4 Å². The standard InChI is InChI=1S/C22H21O3P/c1-15-13-16(2)21(17(3)14-15)22(23)26(24,25)20-12-8-7-11-19(20)18-9-5-4-6-10-18/h4-14H,1-3H3,(H,24,25). The summed E-state index contributed by atoms with van der Waals surface area (Å²) in [4.78, 5) is 24.0. The van der Waals surface area contributed by atoms with Crippen molar-refractivity contribution in [2.75, 3.05) is 0 Å². The molecule has 0 bridgehead atoms. The van der Waals surface area contributed by atoms with Gasteiger partial charge in [0, 0.05) is 5.56 Å². The van der Waals surface area contributed by atoms with Crippen molar-refractivity contribution < 1.29 is 14.3 Å². The summed E-state index contributed by atoms with van der Waals surface area (Å²) < 4.78 is 13.3. The minimum Gasteiger partial charge on any atom is -0.336 e. The number of carbonyl (C=O) groups excluding carboxylic acids is 1. The number of hydrogen-bond acceptors (Lipinski definition) is 2. The fourth-order valence-corrected chi connectivity index (χ4v) is 5.07. The lowest BCUT2D eigenvalue weighted by molar-refractivity contribution is 0.106. The molecule has 0 aliphatic rings. The second-order valence-electron chi connectivity index (χ2n) is 6.54. The Kier molecular flexibility index (Phi) is 4.95. The van der Waals surface area contributed by atoms with Crippen LogP contribution in [-0.4, -0.2) is 10.4 Å². The van der Waals surface area contributed by atoms with Crippen molar-refractivity contribution in [3.05, 3.63) is 89.0 Å². The molecule has 0 aliphatic carbocycles. The van der Waals surface area contributed by atoms with Gasteiger partial charge in [-0.05, 0) is 49.1 Å². The van der Waals surface area contributed by atoms with E-state index in [-0.39, 0.29) is 5.30 Å². The summed E-state index contributed by atoms with van der Waals surface area (Å²) in [5, 5.41) is 0.176. The van der Waals surface area contributed by atoms with Crippen LogP contribution in [0.25, 0.3) is 11.1 Å². The van der Waals surface area contributed by atoms with Gasteiger partial charge in [0.1, 0.15) is 0 Å². The maximum Gasteiger partial charge on any atom is 0.298 e. The molecule has 0 heterocycles. The summed E-state index contributed by atoms with van der Waals surface area (Å²) in [5.41, 5.74) is 3.50. The molecule has 3 aromatic carbocycles. The van der Waals surface area contributed by atoms with E-state index in [9.17, 15) is 14.3 Å². The molecule has 0 radical (unpaired) electrons. The monoisotopic (exact) mass is 364 g/mol. The average Bonchev–Trinajstić information content (AvgIpc) is 2.61. The van der Waals surface area contributed by atoms with Crippen LogP contribution in [0.5, 0.6) is 0 Å². The molecule has 0 aliphatic heterocycles. The zero-order chi connectivity index (χ0) is 18.9. The van der Waals surface area contributed by atoms with Gasteiger partial charge in [-0.2, -0.15) is 0 Å². The first-order valence-corrected chi connectivity index (χ1v) is 10.1. The molecule has 0 amide bonds. The summed E-state index contributed by atoms with van der Waals surface area (Å²) in [6.07, 6.45) is 0. The minimum absolute atomic E-state index is 0.176. The second kappa shape index (κ2) is 7.03. The third-order valence-electron chi connectivity index (χ3n) is 4.48. The molecule has 1 unspecified atom stereocenters. The van der Waals surface area contributed by atoms with Crippen LogP contribution in [-0.2, 0) is 4.57 Å². The van der Waals surface area contributed by atoms with Crippen molar-refractivity contribution in [3.63, 3.8) is 0 Å². The Balaban J connectivity index is 2.16. The Hall–Kier alpha value is -2.48. The van der Waals surface area contributed by atoms with Crippen LogP contribution in [0.15, 0.2) is 66.7 Å². The smallest absolute Gasteiger partial charge is 0.298 e. The van der Waals surface area contributed by atoms with E-state index in [1.165, 1.54) is 0 Å². The Labute approximate surface area is 153 Å². The zero-order valence-corrected chi connectivity index (χ0v) is 16.0. The SMILES string of the molecule is Cc1cc(C)c(C(=O)P(=O)(O)c2ccccc2-c2ccccc2)c(C)c1. The molecule has 3 rings (SSSR count). The first-order valence-electron chi connectivity index (χ1n) is 8.43. The van der Waals surface area contributed by atoms with Crippen LogP contribution >= 0.6 is 7.37 Å². The van der Waals surface area contributed by atoms with Crippen molar-refractivity contribution in [2.24, 2.45) is 0 Å². The summed E-state index contributed by atoms with van der Waals surface area (Å²) >= 11 is 0. The highest BCUT2D eigenvalue weighted by Gasteiger charge is 2.36. The van der Waals surface area contributed by atoms with E-state index in [4.69, 9.17) is 0 Å². The summed E-state index contributed by atoms with van der Waals surface area (Å²) in [6.45, 7) is 5.55. The predicted octanol–water partition coefficient (Wildman–Crippen LogP) is 5.01. The third kappa shape index (κ3) is 3.29. The highest BCUT2D eigenvalue weighted by Crippen LogP contribution is 2.47. The van der Waals surface area contributed by atoms with Crippen molar-refractivity contribution in [1.82, 2.24) is 0 Å². The van der Waals surface area contributed by atoms with Gasteiger partial charge in [-0.1, -0.05) is 66.2 Å². The van der Waals surface area contributed by atoms with E-state index >= 15 is 0 Å². The fourth-order valence-electron chi connectivity index (χ4n) is 3.38. The molecular formula is C22H21O3P. The van der Waals surface area contributed by atoms with Gasteiger partial charge in [-0.3, -0.25) is 9.36 Å². The number of carbonyl (C=O) groups is 1. The Morgan fingerprint density at radius 2 is 1.38 bits per heavy atom. The van der Waals surface area contributed by atoms with Crippen LogP contribution in [0.1, 0.15) is 27.0 Å². The van der Waals surface area contributed by atoms with Gasteiger partial charge >= 0.3 is 0 Å². The van der Waals surface area contributed by atoms with E-state index in [1.54, 1.807) is 38.1 Å². The van der Waals surface area contributed by atoms with Crippen LogP contribution in [0.2, 0.25) is 0 Å². The lowest BCUT2D eigenvalue weighted by Gasteiger charge is -2.18. The van der Waals surface area contributed by atoms with Crippen molar-refractivity contribution >= 4 is 18.2 Å². The van der Waals surface area contributed by atoms with Gasteiger partial charge in [0.15, 0.2) is 0 Å². The lowest BCUT2D eigenvalue weighted by Crippen LogP contribution is -2.17. The number of rotatable bonds is 4. The van der Waals surface area contributed by atoms with E-state index < -0.39 is 12.9 Å². The van der Waals surface area contributed by atoms with Crippen molar-refractivity contribution in [1.29, 1.82) is 0 Å². The topological polar surface area (TPSA) is 54.4 Å². The van der Waals surface area contributed by atoms with Gasteiger partial charge in [-0.25, -0.2) is 0 Å². The summed E-state index contributed by atoms with van der Waals surface area (Å²) in [6, 6.07) is 19.9. The van der Waals surface area contributed by atoms with Crippen molar-refractivity contribution in [2.45, 2.75) is 20.8 Å². The molecule has 1 atom stereocenters. The average molecular weight is 364 g/mol. The van der Waals surface area contributed by atoms with Crippen LogP contribution < -0.4 is 5.30 Å². The molecule has 132 valence electrons. The molecule has 26 heavy (non-hydrogen) atoms. The molecule has 1 N–H and O–H groups in total. The molecular weight excluding hydrogens is 343 g/mol. The normalized spacial score (nSPS) is 13.2. The molecule has 4 heteroatoms. The Morgan fingerprint density at radius 3 is 2.00 bits per heavy atom. The molecule has 0 saturated heterocycles. The first-order chi connectivity index (χ1) is 12.3. The molecule has 0 saturated carbocycles. The van der Waals surface area contributed by atoms with Gasteiger partial charge in [0.05, 0.1) is 5.30 Å². The lowest BCUT2D eigenvalue weighted by atomic mass is 10.0. The first kappa shape index (κ1) is 18.3. The maximum atomic E-state index is 13.3. The predicted molar refractivity (Wildman–Crippen MR) is 106 cm³/mol. The fraction of sp³-hybridized carbons (Fsp3) is 0.136. The van der Waals surface area contributed by atoms with E-state index in [2.05, 4.69) is 0 Å². The number of benzene rings is 3. The molecule has 0 spiro atoms. The van der Waals surface area contributed by atoms with Gasteiger partial charge in [0.25, 0.3) is 12.9 Å². The number of hydrogen-bond donors (Lipinski definition) is 1. The molecule has 0 fully saturated rings. The quantitative estimate of drug-likeness (QED) is 0.662. The van der Waals surface area contributed by atoms with Crippen LogP contribution in [0.4, 0.5) is 0 Å². The molecule has 3 aromatic rings. The Morgan fingerprint density at radius 1 is 0.846 bits per heavy atom. The van der Waals surface area contributed by atoms with Gasteiger partial charge < -0.3 is 4.89 Å². The zero-order valence-electron chi connectivity index (χ0n) is 15.1. The third-order valence-corrected chi connectivity index (χ3v) is 6.30. The van der Waals surface area contributed by atoms with Crippen LogP contribution in [0.3, 0.4) is 0 Å². The minimum atomic E-state index is -4.27. The van der Waals surface area contributed by atoms with Crippen molar-refractivity contribution in [3.8, 4) is 11.1 Å². The van der Waals surface area contributed by atoms with Gasteiger partial charge in [-0.15, -0.1) is 0 Å². The van der Waals surface area contributed by atoms with Gasteiger partial charge in [0.2, 0.25) is 0 Å². The summed E-state index contributed by atoms with van der Waals surface area (Å²) in [5.74, 6) is 0. The second-order valence-corrected chi connectivity index (χ2v) is 8.58. The largest absolute Gasteiger partial charge is 0.336 e. The Bertz CT molecular complexity index is 1000. The molecule has 3 nitrogen and oxygen atoms in total.